The largest absolute Gasteiger partial charge is 0.493 e. The van der Waals surface area contributed by atoms with Gasteiger partial charge in [0.1, 0.15) is 0 Å². The first kappa shape index (κ1) is 24.4. The standard InChI is InChI=1S/C27H25N3O6S/c1-33-21-7-3-16(11-23(21)34-2)9-10-28-25(31)18-5-6-19-20(13-18)29-27(37)30(26(19)32)14-17-4-8-22-24(12-17)36-15-35-22/h3-8,11-13H,9-10,14-15H2,1-2H3,(H,28,31)(H,29,37). The van der Waals surface area contributed by atoms with Gasteiger partial charge in [-0.05, 0) is 72.2 Å². The normalized spacial score (nSPS) is 11.9. The molecule has 10 heteroatoms. The molecule has 3 aromatic carbocycles. The summed E-state index contributed by atoms with van der Waals surface area (Å²) >= 11 is 5.47. The number of benzene rings is 3. The fourth-order valence-corrected chi connectivity index (χ4v) is 4.48. The molecule has 0 unspecified atom stereocenters. The summed E-state index contributed by atoms with van der Waals surface area (Å²) in [6.45, 7) is 0.888. The quantitative estimate of drug-likeness (QED) is 0.341. The molecule has 0 saturated carbocycles. The molecule has 2 N–H and O–H groups in total. The van der Waals surface area contributed by atoms with E-state index in [1.54, 1.807) is 32.4 Å². The summed E-state index contributed by atoms with van der Waals surface area (Å²) in [6.07, 6.45) is 0.618. The number of nitrogens with zero attached hydrogens (tertiary/aromatic N) is 1. The minimum absolute atomic E-state index is 0.181. The SMILES string of the molecule is COc1ccc(CCNC(=O)c2ccc3c(=O)n(Cc4ccc5c(c4)OCO5)c(=S)[nH]c3c2)cc1OC. The van der Waals surface area contributed by atoms with Crippen molar-refractivity contribution in [3.8, 4) is 23.0 Å². The van der Waals surface area contributed by atoms with Crippen molar-refractivity contribution in [2.24, 2.45) is 0 Å². The monoisotopic (exact) mass is 519 g/mol. The lowest BCUT2D eigenvalue weighted by Crippen LogP contribution is -2.26. The number of aromatic amines is 1. The predicted octanol–water partition coefficient (Wildman–Crippen LogP) is 3.83. The molecule has 0 radical (unpaired) electrons. The van der Waals surface area contributed by atoms with Crippen molar-refractivity contribution >= 4 is 29.0 Å². The first-order chi connectivity index (χ1) is 18.0. The molecule has 1 aliphatic rings. The number of H-pyrrole nitrogens is 1. The van der Waals surface area contributed by atoms with Crippen molar-refractivity contribution in [3.63, 3.8) is 0 Å². The van der Waals surface area contributed by atoms with Gasteiger partial charge in [0, 0.05) is 12.1 Å². The molecule has 4 aromatic rings. The van der Waals surface area contributed by atoms with Crippen LogP contribution < -0.4 is 29.8 Å². The van der Waals surface area contributed by atoms with Crippen LogP contribution in [0.15, 0.2) is 59.4 Å². The van der Waals surface area contributed by atoms with Crippen molar-refractivity contribution in [3.05, 3.63) is 86.4 Å². The molecule has 9 nitrogen and oxygen atoms in total. The molecule has 1 amide bonds. The zero-order chi connectivity index (χ0) is 25.9. The van der Waals surface area contributed by atoms with Gasteiger partial charge in [0.2, 0.25) is 6.79 Å². The van der Waals surface area contributed by atoms with E-state index in [-0.39, 0.29) is 29.6 Å². The van der Waals surface area contributed by atoms with Crippen LogP contribution >= 0.6 is 12.2 Å². The second kappa shape index (κ2) is 10.4. The van der Waals surface area contributed by atoms with Crippen molar-refractivity contribution < 1.29 is 23.7 Å². The highest BCUT2D eigenvalue weighted by molar-refractivity contribution is 7.71. The van der Waals surface area contributed by atoms with E-state index in [9.17, 15) is 9.59 Å². The number of nitrogens with one attached hydrogen (secondary N) is 2. The molecule has 0 bridgehead atoms. The van der Waals surface area contributed by atoms with E-state index >= 15 is 0 Å². The summed E-state index contributed by atoms with van der Waals surface area (Å²) in [5, 5.41) is 3.36. The van der Waals surface area contributed by atoms with Crippen LogP contribution in [-0.2, 0) is 13.0 Å². The predicted molar refractivity (Wildman–Crippen MR) is 141 cm³/mol. The van der Waals surface area contributed by atoms with Gasteiger partial charge in [0.25, 0.3) is 11.5 Å². The van der Waals surface area contributed by atoms with Gasteiger partial charge in [-0.25, -0.2) is 0 Å². The van der Waals surface area contributed by atoms with Crippen LogP contribution in [0.4, 0.5) is 0 Å². The van der Waals surface area contributed by atoms with Gasteiger partial charge < -0.3 is 29.2 Å². The van der Waals surface area contributed by atoms with Crippen LogP contribution in [0.25, 0.3) is 10.9 Å². The summed E-state index contributed by atoms with van der Waals surface area (Å²) in [6, 6.07) is 16.1. The Balaban J connectivity index is 1.30. The topological polar surface area (TPSA) is 104 Å². The molecule has 37 heavy (non-hydrogen) atoms. The Labute approximate surface area is 217 Å². The number of carbonyl (C=O) groups is 1. The Hall–Kier alpha value is -4.31. The molecular formula is C27H25N3O6S. The van der Waals surface area contributed by atoms with Gasteiger partial charge in [0.05, 0.1) is 31.7 Å². The average molecular weight is 520 g/mol. The van der Waals surface area contributed by atoms with E-state index < -0.39 is 0 Å². The van der Waals surface area contributed by atoms with Crippen LogP contribution in [0, 0.1) is 4.77 Å². The van der Waals surface area contributed by atoms with Gasteiger partial charge >= 0.3 is 0 Å². The average Bonchev–Trinajstić information content (AvgIpc) is 3.38. The van der Waals surface area contributed by atoms with Crippen molar-refractivity contribution in [1.29, 1.82) is 0 Å². The van der Waals surface area contributed by atoms with E-state index in [2.05, 4.69) is 10.3 Å². The van der Waals surface area contributed by atoms with Gasteiger partial charge in [-0.1, -0.05) is 12.1 Å². The third kappa shape index (κ3) is 5.01. The molecule has 0 aliphatic carbocycles. The van der Waals surface area contributed by atoms with Crippen molar-refractivity contribution in [2.45, 2.75) is 13.0 Å². The Bertz CT molecular complexity index is 1610. The van der Waals surface area contributed by atoms with E-state index in [1.165, 1.54) is 4.57 Å². The molecule has 0 fully saturated rings. The highest BCUT2D eigenvalue weighted by atomic mass is 32.1. The van der Waals surface area contributed by atoms with E-state index in [0.717, 1.165) is 11.1 Å². The first-order valence-electron chi connectivity index (χ1n) is 11.6. The molecular weight excluding hydrogens is 494 g/mol. The summed E-state index contributed by atoms with van der Waals surface area (Å²) in [4.78, 5) is 29.1. The molecule has 5 rings (SSSR count). The smallest absolute Gasteiger partial charge is 0.262 e. The fourth-order valence-electron chi connectivity index (χ4n) is 4.22. The lowest BCUT2D eigenvalue weighted by atomic mass is 10.1. The van der Waals surface area contributed by atoms with Crippen LogP contribution in [0.2, 0.25) is 0 Å². The summed E-state index contributed by atoms with van der Waals surface area (Å²) in [5.41, 5.74) is 2.55. The number of methoxy groups -OCH3 is 2. The van der Waals surface area contributed by atoms with Gasteiger partial charge in [0.15, 0.2) is 27.8 Å². The number of amides is 1. The van der Waals surface area contributed by atoms with Gasteiger partial charge in [-0.2, -0.15) is 0 Å². The lowest BCUT2D eigenvalue weighted by Gasteiger charge is -2.11. The molecule has 0 atom stereocenters. The molecule has 190 valence electrons. The fraction of sp³-hybridized carbons (Fsp3) is 0.222. The highest BCUT2D eigenvalue weighted by Crippen LogP contribution is 2.32. The summed E-state index contributed by atoms with van der Waals surface area (Å²) in [7, 11) is 3.17. The maximum Gasteiger partial charge on any atom is 0.262 e. The minimum Gasteiger partial charge on any atom is -0.493 e. The van der Waals surface area contributed by atoms with Gasteiger partial charge in [-0.3, -0.25) is 14.2 Å². The second-order valence-electron chi connectivity index (χ2n) is 8.46. The maximum atomic E-state index is 13.2. The number of rotatable bonds is 8. The summed E-state index contributed by atoms with van der Waals surface area (Å²) < 4.78 is 23.1. The number of hydrogen-bond acceptors (Lipinski definition) is 7. The van der Waals surface area contributed by atoms with Crippen LogP contribution in [-0.4, -0.2) is 43.0 Å². The Morgan fingerprint density at radius 2 is 1.78 bits per heavy atom. The number of carbonyl (C=O) groups excluding carboxylic acids is 1. The number of fused-ring (bicyclic) bond motifs is 2. The lowest BCUT2D eigenvalue weighted by molar-refractivity contribution is 0.0954. The van der Waals surface area contributed by atoms with Crippen LogP contribution in [0.3, 0.4) is 0 Å². The molecule has 1 aliphatic heterocycles. The first-order valence-corrected chi connectivity index (χ1v) is 12.0. The molecule has 2 heterocycles. The zero-order valence-corrected chi connectivity index (χ0v) is 21.1. The third-order valence-corrected chi connectivity index (χ3v) is 6.49. The van der Waals surface area contributed by atoms with E-state index in [4.69, 9.17) is 31.2 Å². The molecule has 0 spiro atoms. The Morgan fingerprint density at radius 3 is 2.59 bits per heavy atom. The van der Waals surface area contributed by atoms with Gasteiger partial charge in [-0.15, -0.1) is 0 Å². The molecule has 1 aromatic heterocycles. The van der Waals surface area contributed by atoms with E-state index in [0.29, 0.717) is 52.4 Å². The van der Waals surface area contributed by atoms with Crippen LogP contribution in [0.5, 0.6) is 23.0 Å². The number of ether oxygens (including phenoxy) is 4. The number of aromatic nitrogens is 2. The zero-order valence-electron chi connectivity index (χ0n) is 20.3. The Kier molecular flexibility index (Phi) is 6.82. The maximum absolute atomic E-state index is 13.2. The minimum atomic E-state index is -0.244. The third-order valence-electron chi connectivity index (χ3n) is 6.17. The van der Waals surface area contributed by atoms with Crippen LogP contribution in [0.1, 0.15) is 21.5 Å². The Morgan fingerprint density at radius 1 is 1.00 bits per heavy atom. The highest BCUT2D eigenvalue weighted by Gasteiger charge is 2.15. The molecule has 0 saturated heterocycles. The van der Waals surface area contributed by atoms with Crippen molar-refractivity contribution in [1.82, 2.24) is 14.9 Å². The second-order valence-corrected chi connectivity index (χ2v) is 8.85. The number of hydrogen-bond donors (Lipinski definition) is 2. The summed E-state index contributed by atoms with van der Waals surface area (Å²) in [5.74, 6) is 2.36. The van der Waals surface area contributed by atoms with E-state index in [1.807, 2.05) is 36.4 Å². The van der Waals surface area contributed by atoms with Crippen molar-refractivity contribution in [2.75, 3.05) is 27.6 Å².